The van der Waals surface area contributed by atoms with Gasteiger partial charge in [0.05, 0.1) is 7.11 Å². The molecule has 1 aromatic carbocycles. The second-order valence-electron chi connectivity index (χ2n) is 4.14. The van der Waals surface area contributed by atoms with Gasteiger partial charge < -0.3 is 9.84 Å². The molecule has 0 amide bonds. The molecule has 100 valence electrons. The third kappa shape index (κ3) is 3.43. The largest absolute Gasteiger partial charge is 0.505 e. The first kappa shape index (κ1) is 14.4. The van der Waals surface area contributed by atoms with Crippen molar-refractivity contribution in [3.05, 3.63) is 29.6 Å². The molecule has 0 bridgehead atoms. The maximum atomic E-state index is 13.3. The fourth-order valence-corrected chi connectivity index (χ4v) is 1.52. The molecule has 0 fully saturated rings. The van der Waals surface area contributed by atoms with Crippen molar-refractivity contribution in [2.24, 2.45) is 0 Å². The van der Waals surface area contributed by atoms with Gasteiger partial charge in [-0.1, -0.05) is 13.0 Å². The number of carbonyl (C=O) groups excluding carboxylic acids is 1. The third-order valence-corrected chi connectivity index (χ3v) is 2.81. The van der Waals surface area contributed by atoms with Gasteiger partial charge in [-0.15, -0.1) is 0 Å². The Balaban J connectivity index is 3.01. The number of hydrogen-bond acceptors (Lipinski definition) is 4. The van der Waals surface area contributed by atoms with Crippen LogP contribution in [0.3, 0.4) is 0 Å². The molecule has 0 aliphatic carbocycles. The Bertz CT molecular complexity index is 423. The second-order valence-corrected chi connectivity index (χ2v) is 4.14. The summed E-state index contributed by atoms with van der Waals surface area (Å²) in [7, 11) is 1.28. The van der Waals surface area contributed by atoms with E-state index in [1.165, 1.54) is 19.2 Å². The van der Waals surface area contributed by atoms with Crippen molar-refractivity contribution >= 4 is 5.97 Å². The zero-order valence-corrected chi connectivity index (χ0v) is 10.7. The van der Waals surface area contributed by atoms with E-state index in [9.17, 15) is 9.18 Å². The van der Waals surface area contributed by atoms with Gasteiger partial charge in [0.25, 0.3) is 0 Å². The highest BCUT2D eigenvalue weighted by molar-refractivity contribution is 5.77. The predicted octanol–water partition coefficient (Wildman–Crippen LogP) is 2.13. The van der Waals surface area contributed by atoms with E-state index in [-0.39, 0.29) is 6.04 Å². The zero-order chi connectivity index (χ0) is 13.7. The topological polar surface area (TPSA) is 58.6 Å². The molecule has 0 radical (unpaired) electrons. The van der Waals surface area contributed by atoms with Gasteiger partial charge in [0, 0.05) is 6.04 Å². The molecule has 0 spiro atoms. The molecular weight excluding hydrogens is 237 g/mol. The van der Waals surface area contributed by atoms with Gasteiger partial charge in [-0.2, -0.15) is 0 Å². The number of hydrogen-bond donors (Lipinski definition) is 2. The first-order valence-electron chi connectivity index (χ1n) is 5.81. The van der Waals surface area contributed by atoms with Crippen LogP contribution in [0.15, 0.2) is 18.2 Å². The average Bonchev–Trinajstić information content (AvgIpc) is 2.38. The van der Waals surface area contributed by atoms with Gasteiger partial charge in [-0.25, -0.2) is 9.18 Å². The number of ether oxygens (including phenoxy) is 1. The van der Waals surface area contributed by atoms with Crippen LogP contribution in [0.5, 0.6) is 5.75 Å². The highest BCUT2D eigenvalue weighted by Crippen LogP contribution is 2.22. The van der Waals surface area contributed by atoms with Gasteiger partial charge in [0.15, 0.2) is 11.6 Å². The monoisotopic (exact) mass is 255 g/mol. The van der Waals surface area contributed by atoms with E-state index in [2.05, 4.69) is 5.32 Å². The van der Waals surface area contributed by atoms with E-state index < -0.39 is 23.6 Å². The molecule has 2 atom stereocenters. The minimum absolute atomic E-state index is 0.0889. The molecule has 4 nitrogen and oxygen atoms in total. The molecule has 1 aromatic rings. The van der Waals surface area contributed by atoms with Gasteiger partial charge in [-0.05, 0) is 31.0 Å². The maximum absolute atomic E-state index is 13.3. The van der Waals surface area contributed by atoms with Crippen LogP contribution >= 0.6 is 0 Å². The zero-order valence-electron chi connectivity index (χ0n) is 10.7. The van der Waals surface area contributed by atoms with Crippen LogP contribution in [0.4, 0.5) is 4.39 Å². The van der Waals surface area contributed by atoms with Gasteiger partial charge in [0.1, 0.15) is 6.04 Å². The average molecular weight is 255 g/mol. The highest BCUT2D eigenvalue weighted by atomic mass is 19.1. The number of rotatable bonds is 5. The summed E-state index contributed by atoms with van der Waals surface area (Å²) in [5, 5.41) is 12.2. The van der Waals surface area contributed by atoms with Crippen LogP contribution < -0.4 is 5.32 Å². The lowest BCUT2D eigenvalue weighted by Crippen LogP contribution is -2.35. The molecule has 2 N–H and O–H groups in total. The normalized spacial score (nSPS) is 14.0. The number of benzene rings is 1. The molecule has 0 heterocycles. The molecule has 0 saturated carbocycles. The van der Waals surface area contributed by atoms with Crippen molar-refractivity contribution in [2.45, 2.75) is 32.4 Å². The summed E-state index contributed by atoms with van der Waals surface area (Å²) < 4.78 is 18.0. The van der Waals surface area contributed by atoms with Gasteiger partial charge >= 0.3 is 5.97 Å². The first-order valence-corrected chi connectivity index (χ1v) is 5.81. The second kappa shape index (κ2) is 6.35. The van der Waals surface area contributed by atoms with Crippen LogP contribution in [0.25, 0.3) is 0 Å². The summed E-state index contributed by atoms with van der Waals surface area (Å²) >= 11 is 0. The number of phenols is 1. The van der Waals surface area contributed by atoms with Crippen molar-refractivity contribution in [2.75, 3.05) is 7.11 Å². The lowest BCUT2D eigenvalue weighted by molar-refractivity contribution is -0.143. The Hall–Kier alpha value is -1.62. The Kier molecular flexibility index (Phi) is 5.09. The standard InChI is InChI=1S/C13H18FNO3/c1-4-8(2)15-12(13(17)18-3)9-5-6-11(16)10(14)7-9/h5-8,12,15-16H,4H2,1-3H3. The molecule has 0 aliphatic heterocycles. The summed E-state index contributed by atoms with van der Waals surface area (Å²) in [6, 6.07) is 3.20. The first-order chi connectivity index (χ1) is 8.49. The van der Waals surface area contributed by atoms with E-state index in [0.717, 1.165) is 12.5 Å². The summed E-state index contributed by atoms with van der Waals surface area (Å²) in [5.41, 5.74) is 0.428. The highest BCUT2D eigenvalue weighted by Gasteiger charge is 2.23. The van der Waals surface area contributed by atoms with Gasteiger partial charge in [-0.3, -0.25) is 5.32 Å². The Morgan fingerprint density at radius 3 is 2.72 bits per heavy atom. The van der Waals surface area contributed by atoms with Crippen molar-refractivity contribution < 1.29 is 19.0 Å². The fraction of sp³-hybridized carbons (Fsp3) is 0.462. The maximum Gasteiger partial charge on any atom is 0.327 e. The van der Waals surface area contributed by atoms with Crippen LogP contribution in [0, 0.1) is 5.82 Å². The lowest BCUT2D eigenvalue weighted by atomic mass is 10.0. The minimum Gasteiger partial charge on any atom is -0.505 e. The Morgan fingerprint density at radius 1 is 1.56 bits per heavy atom. The molecule has 0 aromatic heterocycles. The number of phenolic OH excluding ortho intramolecular Hbond substituents is 1. The number of carbonyl (C=O) groups is 1. The molecule has 18 heavy (non-hydrogen) atoms. The number of aromatic hydroxyl groups is 1. The Labute approximate surface area is 106 Å². The van der Waals surface area contributed by atoms with Crippen LogP contribution in [0.1, 0.15) is 31.9 Å². The number of esters is 1. The predicted molar refractivity (Wildman–Crippen MR) is 65.7 cm³/mol. The van der Waals surface area contributed by atoms with Crippen LogP contribution in [0.2, 0.25) is 0 Å². The summed E-state index contributed by atoms with van der Waals surface area (Å²) in [6.45, 7) is 3.90. The van der Waals surface area contributed by atoms with Gasteiger partial charge in [0.2, 0.25) is 0 Å². The van der Waals surface area contributed by atoms with E-state index >= 15 is 0 Å². The van der Waals surface area contributed by atoms with Crippen LogP contribution in [-0.4, -0.2) is 24.2 Å². The SMILES string of the molecule is CCC(C)NC(C(=O)OC)c1ccc(O)c(F)c1. The number of halogens is 1. The molecule has 1 rings (SSSR count). The van der Waals surface area contributed by atoms with E-state index in [1.807, 2.05) is 13.8 Å². The summed E-state index contributed by atoms with van der Waals surface area (Å²) in [5.74, 6) is -1.68. The lowest BCUT2D eigenvalue weighted by Gasteiger charge is -2.21. The number of methoxy groups -OCH3 is 1. The summed E-state index contributed by atoms with van der Waals surface area (Å²) in [6.07, 6.45) is 0.827. The van der Waals surface area contributed by atoms with E-state index in [4.69, 9.17) is 9.84 Å². The Morgan fingerprint density at radius 2 is 2.22 bits per heavy atom. The van der Waals surface area contributed by atoms with Crippen LogP contribution in [-0.2, 0) is 9.53 Å². The quantitative estimate of drug-likeness (QED) is 0.791. The molecular formula is C13H18FNO3. The third-order valence-electron chi connectivity index (χ3n) is 2.81. The van der Waals surface area contributed by atoms with Crippen molar-refractivity contribution in [1.29, 1.82) is 0 Å². The van der Waals surface area contributed by atoms with Crippen molar-refractivity contribution in [3.63, 3.8) is 0 Å². The minimum atomic E-state index is -0.757. The smallest absolute Gasteiger partial charge is 0.327 e. The molecule has 0 saturated heterocycles. The molecule has 0 aliphatic rings. The molecule has 5 heteroatoms. The van der Waals surface area contributed by atoms with E-state index in [0.29, 0.717) is 5.56 Å². The fourth-order valence-electron chi connectivity index (χ4n) is 1.52. The van der Waals surface area contributed by atoms with Crippen molar-refractivity contribution in [3.8, 4) is 5.75 Å². The number of nitrogens with one attached hydrogen (secondary N) is 1. The molecule has 2 unspecified atom stereocenters. The van der Waals surface area contributed by atoms with Crippen molar-refractivity contribution in [1.82, 2.24) is 5.32 Å². The summed E-state index contributed by atoms with van der Waals surface area (Å²) in [4.78, 5) is 11.7. The van der Waals surface area contributed by atoms with E-state index in [1.54, 1.807) is 0 Å².